The van der Waals surface area contributed by atoms with Gasteiger partial charge in [0, 0.05) is 63.1 Å². The van der Waals surface area contributed by atoms with Crippen LogP contribution >= 0.6 is 0 Å². The molecule has 0 N–H and O–H groups in total. The summed E-state index contributed by atoms with van der Waals surface area (Å²) in [4.78, 5) is 14.3. The average Bonchev–Trinajstić information content (AvgIpc) is 2.91. The molecule has 1 aliphatic heterocycles. The van der Waals surface area contributed by atoms with Gasteiger partial charge in [0.25, 0.3) is 0 Å². The summed E-state index contributed by atoms with van der Waals surface area (Å²) in [6, 6.07) is 5.72. The van der Waals surface area contributed by atoms with Crippen LogP contribution in [0.3, 0.4) is 0 Å². The third-order valence-electron chi connectivity index (χ3n) is 1.24. The van der Waals surface area contributed by atoms with Crippen LogP contribution in [0.15, 0.2) is 30.6 Å². The van der Waals surface area contributed by atoms with Gasteiger partial charge in [-0.2, -0.15) is 0 Å². The molecular formula is C10H18N3O2Y-. The van der Waals surface area contributed by atoms with Crippen molar-refractivity contribution in [3.63, 3.8) is 0 Å². The second-order valence-electron chi connectivity index (χ2n) is 2.77. The minimum absolute atomic E-state index is 0. The number of rotatable bonds is 0. The third kappa shape index (κ3) is 29.2. The first-order valence-electron chi connectivity index (χ1n) is 4.24. The molecule has 0 aliphatic carbocycles. The standard InChI is InChI=1S/C5H5N.C3H7N.CH3NO2.CH3.Y/c1-2-4-6-5-3-1;1-4-2-3-4;1-2(3)4;;/h1-5H;2-3H2,1H3;1H3;1H3;/q;;;-1;. The smallest absolute Gasteiger partial charge is 0.194 e. The van der Waals surface area contributed by atoms with E-state index in [-0.39, 0.29) is 40.1 Å². The molecule has 89 valence electrons. The van der Waals surface area contributed by atoms with Crippen molar-refractivity contribution < 1.29 is 37.6 Å². The van der Waals surface area contributed by atoms with Crippen molar-refractivity contribution in [2.24, 2.45) is 0 Å². The Bertz CT molecular complexity index is 212. The second kappa shape index (κ2) is 14.6. The van der Waals surface area contributed by atoms with Crippen LogP contribution in [0.5, 0.6) is 0 Å². The first-order valence-corrected chi connectivity index (χ1v) is 4.24. The molecular weight excluding hydrogens is 283 g/mol. The Labute approximate surface area is 122 Å². The van der Waals surface area contributed by atoms with Crippen molar-refractivity contribution in [1.82, 2.24) is 9.88 Å². The molecule has 0 amide bonds. The van der Waals surface area contributed by atoms with Crippen LogP contribution < -0.4 is 0 Å². The SMILES string of the molecule is CN1CC1.C[N+](=O)[O-].[CH3-].[Y].c1ccncc1. The fourth-order valence-corrected chi connectivity index (χ4v) is 0.413. The number of pyridine rings is 1. The van der Waals surface area contributed by atoms with Crippen LogP contribution in [0.25, 0.3) is 0 Å². The van der Waals surface area contributed by atoms with E-state index >= 15 is 0 Å². The monoisotopic (exact) mass is 301 g/mol. The van der Waals surface area contributed by atoms with Gasteiger partial charge in [-0.25, -0.2) is 0 Å². The number of hydrogen-bond acceptors (Lipinski definition) is 4. The van der Waals surface area contributed by atoms with Crippen LogP contribution in [0.2, 0.25) is 0 Å². The molecule has 0 unspecified atom stereocenters. The molecule has 2 rings (SSSR count). The summed E-state index contributed by atoms with van der Waals surface area (Å²) < 4.78 is 0. The molecule has 6 heteroatoms. The molecule has 1 saturated heterocycles. The van der Waals surface area contributed by atoms with Gasteiger partial charge in [-0.15, -0.1) is 0 Å². The second-order valence-corrected chi connectivity index (χ2v) is 2.77. The van der Waals surface area contributed by atoms with E-state index in [1.54, 1.807) is 12.4 Å². The first kappa shape index (κ1) is 21.0. The largest absolute Gasteiger partial charge is 0.358 e. The van der Waals surface area contributed by atoms with Gasteiger partial charge in [-0.1, -0.05) is 6.07 Å². The summed E-state index contributed by atoms with van der Waals surface area (Å²) in [6.07, 6.45) is 3.50. The van der Waals surface area contributed by atoms with E-state index in [2.05, 4.69) is 16.9 Å². The summed E-state index contributed by atoms with van der Waals surface area (Å²) in [5.74, 6) is 0. The third-order valence-corrected chi connectivity index (χ3v) is 1.24. The summed E-state index contributed by atoms with van der Waals surface area (Å²) in [5, 5.41) is 8.81. The van der Waals surface area contributed by atoms with E-state index in [0.717, 1.165) is 7.05 Å². The number of hydrogen-bond donors (Lipinski definition) is 0. The van der Waals surface area contributed by atoms with E-state index in [1.165, 1.54) is 13.1 Å². The molecule has 5 nitrogen and oxygen atoms in total. The first-order chi connectivity index (χ1) is 6.63. The van der Waals surface area contributed by atoms with Crippen LogP contribution in [-0.4, -0.2) is 42.0 Å². The van der Waals surface area contributed by atoms with Crippen LogP contribution in [0, 0.1) is 17.5 Å². The molecule has 2 heterocycles. The predicted octanol–water partition coefficient (Wildman–Crippen LogP) is 1.35. The molecule has 1 aliphatic rings. The van der Waals surface area contributed by atoms with Crippen LogP contribution in [-0.2, 0) is 32.7 Å². The average molecular weight is 301 g/mol. The number of nitro groups is 1. The Morgan fingerprint density at radius 1 is 1.25 bits per heavy atom. The van der Waals surface area contributed by atoms with Gasteiger partial charge in [-0.3, -0.25) is 15.1 Å². The van der Waals surface area contributed by atoms with Gasteiger partial charge >= 0.3 is 0 Å². The van der Waals surface area contributed by atoms with Crippen molar-refractivity contribution >= 4 is 0 Å². The molecule has 1 aromatic rings. The Morgan fingerprint density at radius 3 is 1.62 bits per heavy atom. The molecule has 0 aromatic carbocycles. The summed E-state index contributed by atoms with van der Waals surface area (Å²) in [5.41, 5.74) is 0. The van der Waals surface area contributed by atoms with E-state index in [4.69, 9.17) is 10.1 Å². The van der Waals surface area contributed by atoms with Crippen molar-refractivity contribution in [3.8, 4) is 0 Å². The number of likely N-dealkylation sites (N-methyl/N-ethyl adjacent to an activating group) is 1. The minimum atomic E-state index is -0.500. The minimum Gasteiger partial charge on any atom is -0.358 e. The maximum absolute atomic E-state index is 8.81. The molecule has 1 fully saturated rings. The summed E-state index contributed by atoms with van der Waals surface area (Å²) in [7, 11) is 3.00. The normalized spacial score (nSPS) is 11.1. The summed E-state index contributed by atoms with van der Waals surface area (Å²) in [6.45, 7) is 2.64. The van der Waals surface area contributed by atoms with Gasteiger partial charge < -0.3 is 12.3 Å². The fourth-order valence-electron chi connectivity index (χ4n) is 0.413. The Kier molecular flexibility index (Phi) is 19.1. The van der Waals surface area contributed by atoms with Crippen molar-refractivity contribution in [3.05, 3.63) is 48.1 Å². The molecule has 16 heavy (non-hydrogen) atoms. The zero-order chi connectivity index (χ0) is 10.8. The van der Waals surface area contributed by atoms with Crippen molar-refractivity contribution in [1.29, 1.82) is 0 Å². The quantitative estimate of drug-likeness (QED) is 0.314. The maximum Gasteiger partial charge on any atom is 0.194 e. The van der Waals surface area contributed by atoms with Crippen molar-refractivity contribution in [2.45, 2.75) is 0 Å². The van der Waals surface area contributed by atoms with Crippen molar-refractivity contribution in [2.75, 3.05) is 27.2 Å². The summed E-state index contributed by atoms with van der Waals surface area (Å²) >= 11 is 0. The van der Waals surface area contributed by atoms with Crippen LogP contribution in [0.4, 0.5) is 0 Å². The van der Waals surface area contributed by atoms with Crippen LogP contribution in [0.1, 0.15) is 0 Å². The predicted molar refractivity (Wildman–Crippen MR) is 61.1 cm³/mol. The van der Waals surface area contributed by atoms with Gasteiger partial charge in [0.1, 0.15) is 0 Å². The molecule has 0 bridgehead atoms. The number of aromatic nitrogens is 1. The number of nitrogens with zero attached hydrogens (tertiary/aromatic N) is 3. The molecule has 0 spiro atoms. The van der Waals surface area contributed by atoms with Gasteiger partial charge in [-0.05, 0) is 19.2 Å². The Hall–Kier alpha value is -0.386. The molecule has 0 atom stereocenters. The topological polar surface area (TPSA) is 59.0 Å². The molecule has 1 aromatic heterocycles. The van der Waals surface area contributed by atoms with E-state index in [9.17, 15) is 0 Å². The van der Waals surface area contributed by atoms with Gasteiger partial charge in [0.15, 0.2) is 7.05 Å². The van der Waals surface area contributed by atoms with E-state index in [0.29, 0.717) is 0 Å². The zero-order valence-electron chi connectivity index (χ0n) is 10.0. The fraction of sp³-hybridized carbons (Fsp3) is 0.400. The maximum atomic E-state index is 8.81. The van der Waals surface area contributed by atoms with Gasteiger partial charge in [0.05, 0.1) is 0 Å². The van der Waals surface area contributed by atoms with Gasteiger partial charge in [0.2, 0.25) is 0 Å². The Morgan fingerprint density at radius 2 is 1.56 bits per heavy atom. The van der Waals surface area contributed by atoms with E-state index in [1.807, 2.05) is 18.2 Å². The Balaban J connectivity index is -0.000000154. The molecule has 0 saturated carbocycles. The molecule has 1 radical (unpaired) electrons. The van der Waals surface area contributed by atoms with E-state index < -0.39 is 4.92 Å². The zero-order valence-corrected chi connectivity index (χ0v) is 12.9.